The van der Waals surface area contributed by atoms with Gasteiger partial charge in [-0.25, -0.2) is 4.79 Å². The summed E-state index contributed by atoms with van der Waals surface area (Å²) in [5.74, 6) is -0.963. The maximum absolute atomic E-state index is 12.8. The fourth-order valence-corrected chi connectivity index (χ4v) is 2.93. The molecule has 1 fully saturated rings. The van der Waals surface area contributed by atoms with E-state index >= 15 is 0 Å². The Kier molecular flexibility index (Phi) is 4.90. The molecule has 0 aromatic heterocycles. The fourth-order valence-electron chi connectivity index (χ4n) is 2.93. The van der Waals surface area contributed by atoms with E-state index in [1.54, 1.807) is 31.2 Å². The number of urea groups is 1. The predicted molar refractivity (Wildman–Crippen MR) is 97.0 cm³/mol. The SMILES string of the molecule is CC1(c2cccc(C#N)c2)NC(=O)N(CC(=O)NCc2ccccc2)C1=O. The number of imide groups is 1. The molecule has 1 atom stereocenters. The van der Waals surface area contributed by atoms with Gasteiger partial charge in [0.15, 0.2) is 0 Å². The summed E-state index contributed by atoms with van der Waals surface area (Å²) < 4.78 is 0. The minimum Gasteiger partial charge on any atom is -0.350 e. The summed E-state index contributed by atoms with van der Waals surface area (Å²) in [6.45, 7) is 1.50. The molecule has 0 bridgehead atoms. The van der Waals surface area contributed by atoms with Crippen molar-refractivity contribution in [2.45, 2.75) is 19.0 Å². The summed E-state index contributed by atoms with van der Waals surface area (Å²) in [4.78, 5) is 38.2. The molecule has 1 heterocycles. The first kappa shape index (κ1) is 18.1. The van der Waals surface area contributed by atoms with Crippen LogP contribution < -0.4 is 10.6 Å². The molecule has 2 aromatic rings. The normalized spacial score (nSPS) is 18.7. The monoisotopic (exact) mass is 362 g/mol. The molecule has 1 aliphatic heterocycles. The van der Waals surface area contributed by atoms with Crippen LogP contribution in [0.5, 0.6) is 0 Å². The summed E-state index contributed by atoms with van der Waals surface area (Å²) >= 11 is 0. The van der Waals surface area contributed by atoms with Crippen molar-refractivity contribution in [3.8, 4) is 6.07 Å². The summed E-state index contributed by atoms with van der Waals surface area (Å²) in [6, 6.07) is 17.2. The van der Waals surface area contributed by atoms with E-state index < -0.39 is 23.4 Å². The van der Waals surface area contributed by atoms with Gasteiger partial charge in [-0.2, -0.15) is 5.26 Å². The van der Waals surface area contributed by atoms with Gasteiger partial charge >= 0.3 is 6.03 Å². The Hall–Kier alpha value is -3.66. The second kappa shape index (κ2) is 7.30. The van der Waals surface area contributed by atoms with Crippen molar-refractivity contribution >= 4 is 17.8 Å². The highest BCUT2D eigenvalue weighted by Gasteiger charge is 2.49. The van der Waals surface area contributed by atoms with E-state index in [1.807, 2.05) is 36.4 Å². The van der Waals surface area contributed by atoms with Gasteiger partial charge in [0, 0.05) is 6.54 Å². The molecule has 2 aromatic carbocycles. The number of nitrogens with zero attached hydrogens (tertiary/aromatic N) is 2. The van der Waals surface area contributed by atoms with E-state index in [4.69, 9.17) is 5.26 Å². The van der Waals surface area contributed by atoms with Gasteiger partial charge in [0.1, 0.15) is 12.1 Å². The van der Waals surface area contributed by atoms with Crippen LogP contribution in [-0.4, -0.2) is 29.3 Å². The minimum atomic E-state index is -1.32. The molecule has 4 amide bonds. The molecule has 3 rings (SSSR count). The van der Waals surface area contributed by atoms with Gasteiger partial charge in [0.2, 0.25) is 5.91 Å². The lowest BCUT2D eigenvalue weighted by molar-refractivity contribution is -0.134. The van der Waals surface area contributed by atoms with Crippen LogP contribution in [0.4, 0.5) is 4.79 Å². The van der Waals surface area contributed by atoms with Crippen molar-refractivity contribution in [3.05, 3.63) is 71.3 Å². The van der Waals surface area contributed by atoms with Gasteiger partial charge in [-0.3, -0.25) is 14.5 Å². The molecule has 0 aliphatic carbocycles. The van der Waals surface area contributed by atoms with Crippen LogP contribution in [0.1, 0.15) is 23.6 Å². The molecular formula is C20H18N4O3. The number of carbonyl (C=O) groups excluding carboxylic acids is 3. The maximum Gasteiger partial charge on any atom is 0.325 e. The molecule has 0 radical (unpaired) electrons. The summed E-state index contributed by atoms with van der Waals surface area (Å²) in [5.41, 5.74) is 0.479. The average Bonchev–Trinajstić information content (AvgIpc) is 2.91. The minimum absolute atomic E-state index is 0.310. The van der Waals surface area contributed by atoms with Crippen LogP contribution in [0.15, 0.2) is 54.6 Å². The van der Waals surface area contributed by atoms with E-state index in [-0.39, 0.29) is 6.54 Å². The lowest BCUT2D eigenvalue weighted by atomic mass is 9.91. The third-order valence-electron chi connectivity index (χ3n) is 4.48. The molecule has 1 saturated heterocycles. The Morgan fingerprint density at radius 1 is 1.19 bits per heavy atom. The van der Waals surface area contributed by atoms with Crippen molar-refractivity contribution in [1.82, 2.24) is 15.5 Å². The van der Waals surface area contributed by atoms with Crippen molar-refractivity contribution in [3.63, 3.8) is 0 Å². The first-order valence-electron chi connectivity index (χ1n) is 8.39. The highest BCUT2D eigenvalue weighted by Crippen LogP contribution is 2.29. The third kappa shape index (κ3) is 3.65. The third-order valence-corrected chi connectivity index (χ3v) is 4.48. The number of benzene rings is 2. The Bertz CT molecular complexity index is 936. The largest absolute Gasteiger partial charge is 0.350 e. The molecule has 2 N–H and O–H groups in total. The quantitative estimate of drug-likeness (QED) is 0.789. The van der Waals surface area contributed by atoms with Crippen molar-refractivity contribution in [2.24, 2.45) is 0 Å². The number of amides is 4. The zero-order valence-corrected chi connectivity index (χ0v) is 14.7. The molecule has 7 heteroatoms. The molecule has 136 valence electrons. The zero-order chi connectivity index (χ0) is 19.4. The Morgan fingerprint density at radius 2 is 1.93 bits per heavy atom. The van der Waals surface area contributed by atoms with Gasteiger partial charge in [-0.1, -0.05) is 42.5 Å². The lowest BCUT2D eigenvalue weighted by Gasteiger charge is -2.22. The van der Waals surface area contributed by atoms with E-state index in [9.17, 15) is 14.4 Å². The van der Waals surface area contributed by atoms with E-state index in [2.05, 4.69) is 10.6 Å². The zero-order valence-electron chi connectivity index (χ0n) is 14.7. The molecule has 1 aliphatic rings. The number of carbonyl (C=O) groups is 3. The topological polar surface area (TPSA) is 102 Å². The smallest absolute Gasteiger partial charge is 0.325 e. The van der Waals surface area contributed by atoms with Crippen LogP contribution in [0.25, 0.3) is 0 Å². The van der Waals surface area contributed by atoms with Crippen LogP contribution in [0.3, 0.4) is 0 Å². The average molecular weight is 362 g/mol. The van der Waals surface area contributed by atoms with Crippen molar-refractivity contribution in [2.75, 3.05) is 6.54 Å². The highest BCUT2D eigenvalue weighted by atomic mass is 16.2. The number of rotatable bonds is 5. The van der Waals surface area contributed by atoms with E-state index in [1.165, 1.54) is 0 Å². The van der Waals surface area contributed by atoms with Crippen molar-refractivity contribution < 1.29 is 14.4 Å². The molecule has 0 spiro atoms. The van der Waals surface area contributed by atoms with Crippen LogP contribution in [0.2, 0.25) is 0 Å². The van der Waals surface area contributed by atoms with Gasteiger partial charge in [-0.05, 0) is 30.2 Å². The molecule has 27 heavy (non-hydrogen) atoms. The van der Waals surface area contributed by atoms with E-state index in [0.717, 1.165) is 10.5 Å². The summed E-state index contributed by atoms with van der Waals surface area (Å²) in [6.07, 6.45) is 0. The molecule has 0 saturated carbocycles. The number of nitrogens with one attached hydrogen (secondary N) is 2. The second-order valence-electron chi connectivity index (χ2n) is 6.40. The Morgan fingerprint density at radius 3 is 2.63 bits per heavy atom. The number of nitriles is 1. The molecule has 7 nitrogen and oxygen atoms in total. The molecular weight excluding hydrogens is 344 g/mol. The van der Waals surface area contributed by atoms with Gasteiger partial charge < -0.3 is 10.6 Å². The first-order chi connectivity index (χ1) is 12.9. The van der Waals surface area contributed by atoms with Crippen LogP contribution in [-0.2, 0) is 21.7 Å². The second-order valence-corrected chi connectivity index (χ2v) is 6.40. The van der Waals surface area contributed by atoms with E-state index in [0.29, 0.717) is 17.7 Å². The number of hydrogen-bond acceptors (Lipinski definition) is 4. The van der Waals surface area contributed by atoms with Crippen LogP contribution in [0, 0.1) is 11.3 Å². The standard InChI is InChI=1S/C20H18N4O3/c1-20(16-9-5-8-15(10-16)11-21)18(26)24(19(27)23-20)13-17(25)22-12-14-6-3-2-4-7-14/h2-10H,12-13H2,1H3,(H,22,25)(H,23,27). The van der Waals surface area contributed by atoms with Crippen molar-refractivity contribution in [1.29, 1.82) is 5.26 Å². The maximum atomic E-state index is 12.8. The Labute approximate surface area is 156 Å². The van der Waals surface area contributed by atoms with Gasteiger partial charge in [0.25, 0.3) is 5.91 Å². The fraction of sp³-hybridized carbons (Fsp3) is 0.200. The summed E-state index contributed by atoms with van der Waals surface area (Å²) in [7, 11) is 0. The lowest BCUT2D eigenvalue weighted by Crippen LogP contribution is -2.43. The Balaban J connectivity index is 1.70. The highest BCUT2D eigenvalue weighted by molar-refractivity contribution is 6.09. The first-order valence-corrected chi connectivity index (χ1v) is 8.39. The summed E-state index contributed by atoms with van der Waals surface area (Å²) in [5, 5.41) is 14.4. The van der Waals surface area contributed by atoms with Gasteiger partial charge in [-0.15, -0.1) is 0 Å². The predicted octanol–water partition coefficient (Wildman–Crippen LogP) is 1.64. The molecule has 1 unspecified atom stereocenters. The number of hydrogen-bond donors (Lipinski definition) is 2. The van der Waals surface area contributed by atoms with Gasteiger partial charge in [0.05, 0.1) is 11.6 Å². The van der Waals surface area contributed by atoms with Crippen LogP contribution >= 0.6 is 0 Å².